The molecule has 0 spiro atoms. The fourth-order valence-corrected chi connectivity index (χ4v) is 11.2. The fraction of sp³-hybridized carbons (Fsp3) is 0.389. The summed E-state index contributed by atoms with van der Waals surface area (Å²) in [6.45, 7) is 14.2. The van der Waals surface area contributed by atoms with Gasteiger partial charge < -0.3 is 4.74 Å². The first-order chi connectivity index (χ1) is 18.3. The van der Waals surface area contributed by atoms with E-state index >= 15 is 0 Å². The highest BCUT2D eigenvalue weighted by Gasteiger charge is 2.41. The van der Waals surface area contributed by atoms with Crippen LogP contribution in [0.2, 0.25) is 16.6 Å². The lowest BCUT2D eigenvalue weighted by Crippen LogP contribution is -2.43. The fourth-order valence-electron chi connectivity index (χ4n) is 5.95. The maximum atomic E-state index is 5.67. The Morgan fingerprint density at radius 1 is 0.737 bits per heavy atom. The van der Waals surface area contributed by atoms with E-state index in [1.54, 1.807) is 7.11 Å². The molecule has 0 saturated carbocycles. The molecule has 38 heavy (non-hydrogen) atoms. The first-order valence-corrected chi connectivity index (χ1v) is 16.1. The van der Waals surface area contributed by atoms with Gasteiger partial charge in [-0.1, -0.05) is 102 Å². The van der Waals surface area contributed by atoms with Crippen LogP contribution in [0.3, 0.4) is 0 Å². The molecule has 0 heterocycles. The smallest absolute Gasteiger partial charge is 0.145 e. The molecule has 0 aliphatic carbocycles. The molecule has 0 aromatic heterocycles. The third-order valence-corrected chi connectivity index (χ3v) is 14.2. The van der Waals surface area contributed by atoms with Crippen LogP contribution in [-0.2, 0) is 12.8 Å². The number of rotatable bonds is 8. The Morgan fingerprint density at radius 3 is 2.03 bits per heavy atom. The largest absolute Gasteiger partial charge is 0.495 e. The number of hydrogen-bond donors (Lipinski definition) is 0. The van der Waals surface area contributed by atoms with E-state index < -0.39 is 8.07 Å². The lowest BCUT2D eigenvalue weighted by molar-refractivity contribution is 0.413. The second kappa shape index (κ2) is 13.4. The quantitative estimate of drug-likeness (QED) is 0.214. The van der Waals surface area contributed by atoms with Crippen LogP contribution in [0.4, 0.5) is 0 Å². The van der Waals surface area contributed by atoms with Gasteiger partial charge in [0.25, 0.3) is 0 Å². The average molecular weight is 519 g/mol. The van der Waals surface area contributed by atoms with E-state index in [2.05, 4.69) is 113 Å². The van der Waals surface area contributed by atoms with Crippen LogP contribution in [0.1, 0.15) is 76.6 Å². The van der Waals surface area contributed by atoms with Crippen molar-refractivity contribution in [1.29, 1.82) is 0 Å². The Labute approximate surface area is 232 Å². The third-order valence-electron chi connectivity index (χ3n) is 7.89. The van der Waals surface area contributed by atoms with Crippen LogP contribution in [0, 0.1) is 35.6 Å². The maximum Gasteiger partial charge on any atom is 0.145 e. The molecule has 0 radical (unpaired) electrons. The van der Waals surface area contributed by atoms with Gasteiger partial charge in [-0.25, -0.2) is 0 Å². The normalized spacial score (nSPS) is 11.2. The lowest BCUT2D eigenvalue weighted by atomic mass is 9.95. The molecule has 2 heteroatoms. The van der Waals surface area contributed by atoms with Gasteiger partial charge in [0.05, 0.1) is 12.7 Å². The van der Waals surface area contributed by atoms with Gasteiger partial charge in [-0.05, 0) is 57.4 Å². The summed E-state index contributed by atoms with van der Waals surface area (Å²) in [6, 6.07) is 19.0. The van der Waals surface area contributed by atoms with E-state index in [0.29, 0.717) is 23.0 Å². The zero-order valence-corrected chi connectivity index (χ0v) is 25.2. The Kier molecular flexibility index (Phi) is 10.3. The van der Waals surface area contributed by atoms with Crippen LogP contribution in [0.25, 0.3) is 10.8 Å². The summed E-state index contributed by atoms with van der Waals surface area (Å²) >= 11 is 0. The van der Waals surface area contributed by atoms with Crippen LogP contribution < -0.4 is 4.74 Å². The molecule has 0 fully saturated rings. The van der Waals surface area contributed by atoms with Crippen LogP contribution in [0.5, 0.6) is 5.75 Å². The van der Waals surface area contributed by atoms with Crippen molar-refractivity contribution >= 4 is 18.8 Å². The molecule has 0 aliphatic heterocycles. The first kappa shape index (κ1) is 29.2. The molecule has 3 aromatic carbocycles. The van der Waals surface area contributed by atoms with E-state index in [4.69, 9.17) is 11.2 Å². The van der Waals surface area contributed by atoms with Crippen molar-refractivity contribution in [2.75, 3.05) is 7.11 Å². The highest BCUT2D eigenvalue weighted by molar-refractivity contribution is 6.90. The highest BCUT2D eigenvalue weighted by Crippen LogP contribution is 2.40. The van der Waals surface area contributed by atoms with E-state index in [9.17, 15) is 0 Å². The SMILES string of the molecule is C#CCCc1cccc(OC)c1C#Cc1c(CCC#C[Si](C(C)C)(C(C)C)C(C)C)ccc2ccccc12. The second-order valence-electron chi connectivity index (χ2n) is 11.0. The molecule has 3 rings (SSSR count). The molecule has 0 unspecified atom stereocenters. The number of ether oxygens (including phenoxy) is 1. The minimum absolute atomic E-state index is 0.640. The molecule has 0 atom stereocenters. The van der Waals surface area contributed by atoms with Crippen LogP contribution >= 0.6 is 0 Å². The Hall–Kier alpha value is -3.38. The van der Waals surface area contributed by atoms with E-state index in [0.717, 1.165) is 41.7 Å². The number of benzene rings is 3. The van der Waals surface area contributed by atoms with Gasteiger partial charge >= 0.3 is 0 Å². The Morgan fingerprint density at radius 2 is 1.37 bits per heavy atom. The average Bonchev–Trinajstić information content (AvgIpc) is 2.90. The van der Waals surface area contributed by atoms with Crippen molar-refractivity contribution in [2.24, 2.45) is 0 Å². The van der Waals surface area contributed by atoms with Crippen molar-refractivity contribution in [2.45, 2.75) is 83.8 Å². The summed E-state index contributed by atoms with van der Waals surface area (Å²) < 4.78 is 5.67. The minimum Gasteiger partial charge on any atom is -0.495 e. The lowest BCUT2D eigenvalue weighted by Gasteiger charge is -2.38. The minimum atomic E-state index is -1.73. The molecule has 0 amide bonds. The molecule has 1 nitrogen and oxygen atoms in total. The van der Waals surface area contributed by atoms with Gasteiger partial charge in [0.1, 0.15) is 13.8 Å². The molecule has 0 saturated heterocycles. The van der Waals surface area contributed by atoms with Crippen LogP contribution in [-0.4, -0.2) is 15.2 Å². The summed E-state index contributed by atoms with van der Waals surface area (Å²) in [5.41, 5.74) is 10.2. The second-order valence-corrected chi connectivity index (χ2v) is 16.5. The monoisotopic (exact) mass is 518 g/mol. The highest BCUT2D eigenvalue weighted by atomic mass is 28.3. The standard InChI is InChI=1S/C36H42OSi/c1-9-10-16-30-19-15-21-36(37-8)35(30)25-24-34-32(23-22-31-17-11-12-20-33(31)34)18-13-14-26-38(27(2)3,28(4)5)29(6)7/h1,11-12,15,17,19-23,27-29H,10,13,16,18H2,2-8H3. The predicted octanol–water partition coefficient (Wildman–Crippen LogP) is 8.97. The number of terminal acetylenes is 1. The summed E-state index contributed by atoms with van der Waals surface area (Å²) in [5.74, 6) is 14.2. The molecule has 0 bridgehead atoms. The topological polar surface area (TPSA) is 9.23 Å². The van der Waals surface area contributed by atoms with Gasteiger partial charge in [0.2, 0.25) is 0 Å². The number of methoxy groups -OCH3 is 1. The van der Waals surface area contributed by atoms with E-state index in [1.807, 2.05) is 12.1 Å². The first-order valence-electron chi connectivity index (χ1n) is 13.9. The van der Waals surface area contributed by atoms with Gasteiger partial charge in [0.15, 0.2) is 0 Å². The molecule has 3 aromatic rings. The molecule has 0 aliphatic rings. The van der Waals surface area contributed by atoms with Crippen LogP contribution in [0.15, 0.2) is 54.6 Å². The van der Waals surface area contributed by atoms with Crippen molar-refractivity contribution in [3.8, 4) is 41.4 Å². The van der Waals surface area contributed by atoms with Gasteiger partial charge in [-0.2, -0.15) is 0 Å². The molecular weight excluding hydrogens is 476 g/mol. The van der Waals surface area contributed by atoms with Gasteiger partial charge in [0, 0.05) is 18.4 Å². The number of fused-ring (bicyclic) bond motifs is 1. The van der Waals surface area contributed by atoms with E-state index in [1.165, 1.54) is 16.3 Å². The van der Waals surface area contributed by atoms with Gasteiger partial charge in [-0.15, -0.1) is 23.8 Å². The third kappa shape index (κ3) is 6.36. The molecule has 0 N–H and O–H groups in total. The summed E-state index contributed by atoms with van der Waals surface area (Å²) in [7, 11) is -0.0307. The Bertz CT molecular complexity index is 1390. The van der Waals surface area contributed by atoms with Crippen molar-refractivity contribution in [3.05, 3.63) is 76.9 Å². The summed E-state index contributed by atoms with van der Waals surface area (Å²) in [4.78, 5) is 0. The van der Waals surface area contributed by atoms with E-state index in [-0.39, 0.29) is 0 Å². The van der Waals surface area contributed by atoms with Crippen molar-refractivity contribution in [1.82, 2.24) is 0 Å². The summed E-state index contributed by atoms with van der Waals surface area (Å²) in [5, 5.41) is 2.38. The maximum absolute atomic E-state index is 5.67. The predicted molar refractivity (Wildman–Crippen MR) is 167 cm³/mol. The number of aryl methyl sites for hydroxylation is 2. The number of hydrogen-bond acceptors (Lipinski definition) is 1. The molecule has 196 valence electrons. The molecular formula is C36H42OSi. The zero-order chi connectivity index (χ0) is 27.7. The van der Waals surface area contributed by atoms with Crippen molar-refractivity contribution < 1.29 is 4.74 Å². The Balaban J connectivity index is 2.04. The van der Waals surface area contributed by atoms with Gasteiger partial charge in [-0.3, -0.25) is 0 Å². The zero-order valence-electron chi connectivity index (χ0n) is 24.2. The summed E-state index contributed by atoms with van der Waals surface area (Å²) in [6.07, 6.45) is 8.74. The van der Waals surface area contributed by atoms with Crippen molar-refractivity contribution in [3.63, 3.8) is 0 Å².